The predicted molar refractivity (Wildman–Crippen MR) is 92.0 cm³/mol. The van der Waals surface area contributed by atoms with Gasteiger partial charge in [-0.15, -0.1) is 0 Å². The Labute approximate surface area is 152 Å². The zero-order valence-electron chi connectivity index (χ0n) is 14.2. The molecule has 2 aromatic rings. The third-order valence-electron chi connectivity index (χ3n) is 3.99. The summed E-state index contributed by atoms with van der Waals surface area (Å²) in [5, 5.41) is 10.2. The van der Waals surface area contributed by atoms with Crippen molar-refractivity contribution in [3.8, 4) is 22.6 Å². The molecule has 1 N–H and O–H groups in total. The van der Waals surface area contributed by atoms with Gasteiger partial charge in [-0.2, -0.15) is 10.1 Å². The van der Waals surface area contributed by atoms with Gasteiger partial charge in [-0.3, -0.25) is 9.78 Å². The fraction of sp³-hybridized carbons (Fsp3) is 0.176. The van der Waals surface area contributed by atoms with E-state index in [0.29, 0.717) is 30.2 Å². The summed E-state index contributed by atoms with van der Waals surface area (Å²) < 4.78 is 11.7. The first-order valence-electron chi connectivity index (χ1n) is 8.05. The molecule has 4 heterocycles. The lowest BCUT2D eigenvalue weighted by Gasteiger charge is -2.10. The highest BCUT2D eigenvalue weighted by molar-refractivity contribution is 5.95. The second-order valence-electron chi connectivity index (χ2n) is 5.72. The number of H-pyrrole nitrogens is 1. The van der Waals surface area contributed by atoms with E-state index in [0.717, 1.165) is 5.56 Å². The molecule has 0 atom stereocenters. The quantitative estimate of drug-likeness (QED) is 0.521. The average molecular weight is 366 g/mol. The number of aromatic amines is 1. The van der Waals surface area contributed by atoms with Crippen LogP contribution in [0, 0.1) is 0 Å². The summed E-state index contributed by atoms with van der Waals surface area (Å²) in [4.78, 5) is 32.2. The maximum atomic E-state index is 12.0. The van der Waals surface area contributed by atoms with E-state index in [1.165, 1.54) is 7.11 Å². The second-order valence-corrected chi connectivity index (χ2v) is 5.72. The third kappa shape index (κ3) is 3.19. The third-order valence-corrected chi connectivity index (χ3v) is 3.99. The van der Waals surface area contributed by atoms with Crippen molar-refractivity contribution in [3.63, 3.8) is 0 Å². The van der Waals surface area contributed by atoms with E-state index >= 15 is 0 Å². The molecule has 4 rings (SSSR count). The molecule has 10 heteroatoms. The molecule has 0 bridgehead atoms. The molecule has 10 nitrogen and oxygen atoms in total. The van der Waals surface area contributed by atoms with Crippen LogP contribution in [0.3, 0.4) is 0 Å². The van der Waals surface area contributed by atoms with Crippen molar-refractivity contribution in [1.29, 1.82) is 0 Å². The molecule has 0 aromatic carbocycles. The number of hydrogen-bond acceptors (Lipinski definition) is 8. The van der Waals surface area contributed by atoms with Crippen molar-refractivity contribution in [3.05, 3.63) is 58.7 Å². The second kappa shape index (κ2) is 6.83. The van der Waals surface area contributed by atoms with Crippen LogP contribution in [0.5, 0.6) is 0 Å². The van der Waals surface area contributed by atoms with Gasteiger partial charge in [-0.25, -0.2) is 9.89 Å². The molecule has 2 aliphatic rings. The van der Waals surface area contributed by atoms with Crippen LogP contribution in [0.2, 0.25) is 0 Å². The van der Waals surface area contributed by atoms with E-state index in [2.05, 4.69) is 25.3 Å². The van der Waals surface area contributed by atoms with Crippen LogP contribution in [0.4, 0.5) is 0 Å². The van der Waals surface area contributed by atoms with Crippen molar-refractivity contribution in [2.24, 2.45) is 0 Å². The number of nitrogens with one attached hydrogen (secondary N) is 1. The number of fused-ring (bicyclic) bond motifs is 1. The Morgan fingerprint density at radius 3 is 3.04 bits per heavy atom. The van der Waals surface area contributed by atoms with E-state index in [1.807, 2.05) is 6.07 Å². The monoisotopic (exact) mass is 366 g/mol. The van der Waals surface area contributed by atoms with Gasteiger partial charge >= 0.3 is 5.97 Å². The van der Waals surface area contributed by atoms with E-state index in [1.54, 1.807) is 35.4 Å². The van der Waals surface area contributed by atoms with Crippen molar-refractivity contribution >= 4 is 5.97 Å². The summed E-state index contributed by atoms with van der Waals surface area (Å²) in [5.74, 6) is 0.304. The fourth-order valence-corrected chi connectivity index (χ4v) is 2.67. The number of nitrogens with zero attached hydrogens (tertiary/aromatic N) is 5. The molecule has 136 valence electrons. The van der Waals surface area contributed by atoms with Crippen molar-refractivity contribution in [1.82, 2.24) is 29.9 Å². The predicted octanol–water partition coefficient (Wildman–Crippen LogP) is 1.15. The Kier molecular flexibility index (Phi) is 4.21. The maximum absolute atomic E-state index is 12.0. The molecule has 2 aromatic heterocycles. The Morgan fingerprint density at radius 1 is 1.37 bits per heavy atom. The Balaban J connectivity index is 1.58. The highest BCUT2D eigenvalue weighted by Crippen LogP contribution is 2.21. The van der Waals surface area contributed by atoms with Crippen LogP contribution < -0.4 is 5.56 Å². The van der Waals surface area contributed by atoms with Gasteiger partial charge in [0.15, 0.2) is 0 Å². The summed E-state index contributed by atoms with van der Waals surface area (Å²) in [6, 6.07) is 3.62. The molecule has 0 spiro atoms. The molecule has 2 aliphatic heterocycles. The van der Waals surface area contributed by atoms with Crippen LogP contribution in [0.25, 0.3) is 22.6 Å². The fourth-order valence-electron chi connectivity index (χ4n) is 2.67. The maximum Gasteiger partial charge on any atom is 0.341 e. The summed E-state index contributed by atoms with van der Waals surface area (Å²) in [7, 11) is 1.27. The highest BCUT2D eigenvalue weighted by Gasteiger charge is 2.22. The lowest BCUT2D eigenvalue weighted by atomic mass is 10.1. The summed E-state index contributed by atoms with van der Waals surface area (Å²) in [5.41, 5.74) is 1.17. The van der Waals surface area contributed by atoms with Gasteiger partial charge in [0, 0.05) is 43.3 Å². The van der Waals surface area contributed by atoms with Gasteiger partial charge in [-0.1, -0.05) is 5.16 Å². The normalized spacial score (nSPS) is 11.0. The minimum Gasteiger partial charge on any atom is -0.465 e. The van der Waals surface area contributed by atoms with Gasteiger partial charge < -0.3 is 13.8 Å². The Hall–Kier alpha value is -3.82. The van der Waals surface area contributed by atoms with E-state index in [4.69, 9.17) is 9.26 Å². The van der Waals surface area contributed by atoms with E-state index in [-0.39, 0.29) is 16.8 Å². The van der Waals surface area contributed by atoms with Crippen LogP contribution in [0.1, 0.15) is 16.2 Å². The Morgan fingerprint density at radius 2 is 2.26 bits per heavy atom. The smallest absolute Gasteiger partial charge is 0.341 e. The zero-order valence-corrected chi connectivity index (χ0v) is 14.2. The van der Waals surface area contributed by atoms with Gasteiger partial charge in [-0.05, 0) is 12.1 Å². The van der Waals surface area contributed by atoms with Crippen molar-refractivity contribution in [2.75, 3.05) is 7.11 Å². The van der Waals surface area contributed by atoms with Crippen LogP contribution >= 0.6 is 0 Å². The van der Waals surface area contributed by atoms with Crippen LogP contribution in [-0.2, 0) is 17.7 Å². The number of carbonyl (C=O) groups excluding carboxylic acids is 1. The number of carbonyl (C=O) groups is 1. The van der Waals surface area contributed by atoms with Gasteiger partial charge in [0.25, 0.3) is 5.56 Å². The largest absolute Gasteiger partial charge is 0.465 e. The number of aryl methyl sites for hydroxylation is 2. The van der Waals surface area contributed by atoms with Crippen molar-refractivity contribution < 1.29 is 14.1 Å². The number of methoxy groups -OCH3 is 1. The zero-order chi connectivity index (χ0) is 18.8. The molecule has 0 saturated heterocycles. The van der Waals surface area contributed by atoms with Gasteiger partial charge in [0.05, 0.1) is 12.7 Å². The molecule has 27 heavy (non-hydrogen) atoms. The Bertz CT molecular complexity index is 1110. The lowest BCUT2D eigenvalue weighted by molar-refractivity contribution is 0.0600. The first-order chi connectivity index (χ1) is 13.2. The van der Waals surface area contributed by atoms with Crippen molar-refractivity contribution in [2.45, 2.75) is 13.0 Å². The van der Waals surface area contributed by atoms with Gasteiger partial charge in [0.1, 0.15) is 11.3 Å². The van der Waals surface area contributed by atoms with Gasteiger partial charge in [0.2, 0.25) is 11.7 Å². The highest BCUT2D eigenvalue weighted by atomic mass is 16.5. The lowest BCUT2D eigenvalue weighted by Crippen LogP contribution is -2.13. The number of pyridine rings is 2. The molecule has 0 fully saturated rings. The van der Waals surface area contributed by atoms with E-state index in [9.17, 15) is 9.59 Å². The number of hydrogen-bond donors (Lipinski definition) is 1. The summed E-state index contributed by atoms with van der Waals surface area (Å²) >= 11 is 0. The van der Waals surface area contributed by atoms with E-state index < -0.39 is 5.97 Å². The van der Waals surface area contributed by atoms with Crippen LogP contribution in [0.15, 0.2) is 46.2 Å². The molecule has 0 radical (unpaired) electrons. The average Bonchev–Trinajstić information content (AvgIpc) is 3.33. The summed E-state index contributed by atoms with van der Waals surface area (Å²) in [6.07, 6.45) is 6.92. The number of ether oxygens (including phenoxy) is 1. The summed E-state index contributed by atoms with van der Waals surface area (Å²) in [6.45, 7) is 0.416. The molecule has 0 unspecified atom stereocenters. The first-order valence-corrected chi connectivity index (χ1v) is 8.05. The topological polar surface area (TPSA) is 129 Å². The SMILES string of the molecule is COC(=O)c1cn(CCc2nc(-c3cccnc3)no2)cc2c(=O)[nH]nc1-2. The molecular formula is C17H14N6O4. The molecular weight excluding hydrogens is 352 g/mol. The minimum atomic E-state index is -0.572. The number of aromatic nitrogens is 6. The molecule has 0 aliphatic carbocycles. The first kappa shape index (κ1) is 16.6. The minimum absolute atomic E-state index is 0.204. The van der Waals surface area contributed by atoms with Crippen LogP contribution in [-0.4, -0.2) is 43.0 Å². The number of rotatable bonds is 5. The standard InChI is InChI=1S/C17H14N6O4/c1-26-17(25)12-9-23(8-11-14(12)20-21-16(11)24)6-4-13-19-15(22-27-13)10-3-2-5-18-7-10/h2-3,5,7-9H,4,6H2,1H3,(H,21,24). The molecule has 0 amide bonds. The number of esters is 1. The molecule has 0 saturated carbocycles.